The van der Waals surface area contributed by atoms with Crippen molar-refractivity contribution in [3.8, 4) is 16.6 Å². The molecule has 25 heavy (non-hydrogen) atoms. The summed E-state index contributed by atoms with van der Waals surface area (Å²) in [5.41, 5.74) is 2.37. The van der Waals surface area contributed by atoms with Gasteiger partial charge in [0.15, 0.2) is 0 Å². The molecular formula is C18H11Cl2N3OS. The molecule has 1 N–H and O–H groups in total. The Kier molecular flexibility index (Phi) is 5.34. The molecule has 1 heterocycles. The van der Waals surface area contributed by atoms with Gasteiger partial charge in [-0.25, -0.2) is 4.98 Å². The summed E-state index contributed by atoms with van der Waals surface area (Å²) in [6.07, 6.45) is 0.120. The number of carbonyl (C=O) groups excluding carboxylic acids is 1. The highest BCUT2D eigenvalue weighted by atomic mass is 35.5. The number of halogens is 2. The van der Waals surface area contributed by atoms with Crippen LogP contribution in [0.5, 0.6) is 0 Å². The number of thiazole rings is 1. The number of hydrogen-bond donors (Lipinski definition) is 1. The number of nitrogens with one attached hydrogen (secondary N) is 1. The summed E-state index contributed by atoms with van der Waals surface area (Å²) < 4.78 is 0. The van der Waals surface area contributed by atoms with E-state index >= 15 is 0 Å². The maximum atomic E-state index is 12.2. The third-order valence-corrected chi connectivity index (χ3v) is 4.88. The number of benzene rings is 2. The smallest absolute Gasteiger partial charge is 0.230 e. The molecule has 0 radical (unpaired) electrons. The van der Waals surface area contributed by atoms with Crippen molar-refractivity contribution < 1.29 is 4.79 Å². The largest absolute Gasteiger partial charge is 0.326 e. The van der Waals surface area contributed by atoms with Gasteiger partial charge in [-0.1, -0.05) is 35.3 Å². The van der Waals surface area contributed by atoms with Gasteiger partial charge in [0.05, 0.1) is 33.8 Å². The van der Waals surface area contributed by atoms with Gasteiger partial charge in [-0.15, -0.1) is 11.3 Å². The third-order valence-electron chi connectivity index (χ3n) is 3.35. The van der Waals surface area contributed by atoms with Gasteiger partial charge >= 0.3 is 0 Å². The molecule has 0 bridgehead atoms. The zero-order valence-corrected chi connectivity index (χ0v) is 15.1. The summed E-state index contributed by atoms with van der Waals surface area (Å²) in [4.78, 5) is 16.6. The van der Waals surface area contributed by atoms with E-state index in [1.807, 2.05) is 6.07 Å². The summed E-state index contributed by atoms with van der Waals surface area (Å²) >= 11 is 13.8. The van der Waals surface area contributed by atoms with Crippen molar-refractivity contribution in [3.63, 3.8) is 0 Å². The molecule has 0 fully saturated rings. The molecule has 0 atom stereocenters. The minimum Gasteiger partial charge on any atom is -0.326 e. The summed E-state index contributed by atoms with van der Waals surface area (Å²) in [7, 11) is 0. The van der Waals surface area contributed by atoms with Crippen LogP contribution < -0.4 is 5.32 Å². The summed E-state index contributed by atoms with van der Waals surface area (Å²) in [6.45, 7) is 0. The molecule has 7 heteroatoms. The number of nitrogens with zero attached hydrogens (tertiary/aromatic N) is 2. The number of aromatic nitrogens is 1. The number of amides is 1. The van der Waals surface area contributed by atoms with Gasteiger partial charge in [-0.05, 0) is 30.3 Å². The topological polar surface area (TPSA) is 65.8 Å². The first-order valence-electron chi connectivity index (χ1n) is 7.25. The third kappa shape index (κ3) is 4.18. The highest BCUT2D eigenvalue weighted by molar-refractivity contribution is 7.13. The monoisotopic (exact) mass is 387 g/mol. The molecule has 3 aromatic rings. The second-order valence-corrected chi connectivity index (χ2v) is 6.83. The van der Waals surface area contributed by atoms with Crippen molar-refractivity contribution in [3.05, 3.63) is 69.1 Å². The van der Waals surface area contributed by atoms with Crippen molar-refractivity contribution >= 4 is 46.1 Å². The van der Waals surface area contributed by atoms with Crippen LogP contribution in [0.25, 0.3) is 10.6 Å². The van der Waals surface area contributed by atoms with Crippen LogP contribution in [0.1, 0.15) is 11.3 Å². The van der Waals surface area contributed by atoms with Crippen molar-refractivity contribution in [2.75, 3.05) is 5.32 Å². The minimum absolute atomic E-state index is 0.120. The fraction of sp³-hybridized carbons (Fsp3) is 0.0556. The van der Waals surface area contributed by atoms with Crippen molar-refractivity contribution in [1.29, 1.82) is 5.26 Å². The molecule has 4 nitrogen and oxygen atoms in total. The molecule has 1 amide bonds. The first-order chi connectivity index (χ1) is 12.1. The lowest BCUT2D eigenvalue weighted by atomic mass is 10.2. The highest BCUT2D eigenvalue weighted by Gasteiger charge is 2.14. The molecule has 0 aliphatic carbocycles. The van der Waals surface area contributed by atoms with Gasteiger partial charge < -0.3 is 5.32 Å². The molecule has 0 spiro atoms. The van der Waals surface area contributed by atoms with E-state index in [9.17, 15) is 4.79 Å². The van der Waals surface area contributed by atoms with Crippen LogP contribution in [-0.2, 0) is 11.2 Å². The Hall–Kier alpha value is -2.39. The summed E-state index contributed by atoms with van der Waals surface area (Å²) in [6, 6.07) is 14.0. The van der Waals surface area contributed by atoms with Crippen LogP contribution >= 0.6 is 34.5 Å². The number of hydrogen-bond acceptors (Lipinski definition) is 4. The minimum atomic E-state index is -0.211. The first kappa shape index (κ1) is 17.4. The maximum absolute atomic E-state index is 12.2. The molecule has 0 saturated carbocycles. The molecule has 0 saturated heterocycles. The molecule has 124 valence electrons. The van der Waals surface area contributed by atoms with Crippen LogP contribution in [0.3, 0.4) is 0 Å². The van der Waals surface area contributed by atoms with E-state index in [2.05, 4.69) is 10.3 Å². The van der Waals surface area contributed by atoms with Crippen LogP contribution in [0, 0.1) is 11.3 Å². The Labute approximate surface area is 158 Å². The number of carbonyl (C=O) groups is 1. The van der Waals surface area contributed by atoms with Crippen molar-refractivity contribution in [2.24, 2.45) is 0 Å². The van der Waals surface area contributed by atoms with Crippen LogP contribution in [0.2, 0.25) is 10.0 Å². The Morgan fingerprint density at radius 2 is 1.92 bits per heavy atom. The Morgan fingerprint density at radius 1 is 1.20 bits per heavy atom. The van der Waals surface area contributed by atoms with Crippen molar-refractivity contribution in [1.82, 2.24) is 4.98 Å². The van der Waals surface area contributed by atoms with Crippen LogP contribution in [0.15, 0.2) is 47.8 Å². The molecule has 0 aliphatic rings. The fourth-order valence-corrected chi connectivity index (χ4v) is 3.82. The maximum Gasteiger partial charge on any atom is 0.230 e. The number of rotatable bonds is 4. The van der Waals surface area contributed by atoms with Gasteiger partial charge in [-0.2, -0.15) is 5.26 Å². The molecule has 3 rings (SSSR count). The fourth-order valence-electron chi connectivity index (χ4n) is 2.24. The second-order valence-electron chi connectivity index (χ2n) is 5.16. The SMILES string of the molecule is N#Cc1cccc(NC(=O)Cc2csc(-c3c(Cl)cccc3Cl)n2)c1. The van der Waals surface area contributed by atoms with Gasteiger partial charge in [0, 0.05) is 16.6 Å². The lowest BCUT2D eigenvalue weighted by Gasteiger charge is -2.04. The van der Waals surface area contributed by atoms with Gasteiger partial charge in [-0.3, -0.25) is 4.79 Å². The van der Waals surface area contributed by atoms with E-state index in [0.29, 0.717) is 37.6 Å². The molecular weight excluding hydrogens is 377 g/mol. The Bertz CT molecular complexity index is 958. The highest BCUT2D eigenvalue weighted by Crippen LogP contribution is 2.36. The van der Waals surface area contributed by atoms with E-state index < -0.39 is 0 Å². The van der Waals surface area contributed by atoms with E-state index in [-0.39, 0.29) is 12.3 Å². The van der Waals surface area contributed by atoms with E-state index in [1.165, 1.54) is 11.3 Å². The average Bonchev–Trinajstić information content (AvgIpc) is 3.02. The van der Waals surface area contributed by atoms with E-state index in [0.717, 1.165) is 0 Å². The zero-order chi connectivity index (χ0) is 17.8. The molecule has 1 aromatic heterocycles. The zero-order valence-electron chi connectivity index (χ0n) is 12.8. The lowest BCUT2D eigenvalue weighted by molar-refractivity contribution is -0.115. The van der Waals surface area contributed by atoms with Crippen LogP contribution in [0.4, 0.5) is 5.69 Å². The van der Waals surface area contributed by atoms with Gasteiger partial charge in [0.2, 0.25) is 5.91 Å². The average molecular weight is 388 g/mol. The van der Waals surface area contributed by atoms with Crippen molar-refractivity contribution in [2.45, 2.75) is 6.42 Å². The Balaban J connectivity index is 1.73. The quantitative estimate of drug-likeness (QED) is 0.671. The van der Waals surface area contributed by atoms with E-state index in [1.54, 1.807) is 47.8 Å². The van der Waals surface area contributed by atoms with Gasteiger partial charge in [0.1, 0.15) is 5.01 Å². The Morgan fingerprint density at radius 3 is 2.64 bits per heavy atom. The standard InChI is InChI=1S/C18H11Cl2N3OS/c19-14-5-2-6-15(20)17(14)18-23-13(10-25-18)8-16(24)22-12-4-1-3-11(7-12)9-21/h1-7,10H,8H2,(H,22,24). The molecule has 0 aliphatic heterocycles. The number of nitriles is 1. The van der Waals surface area contributed by atoms with E-state index in [4.69, 9.17) is 28.5 Å². The normalized spacial score (nSPS) is 10.3. The predicted octanol–water partition coefficient (Wildman–Crippen LogP) is 5.17. The first-order valence-corrected chi connectivity index (χ1v) is 8.89. The second kappa shape index (κ2) is 7.66. The summed E-state index contributed by atoms with van der Waals surface area (Å²) in [5, 5.41) is 15.2. The van der Waals surface area contributed by atoms with Gasteiger partial charge in [0.25, 0.3) is 0 Å². The molecule has 0 unspecified atom stereocenters. The predicted molar refractivity (Wildman–Crippen MR) is 101 cm³/mol. The number of anilines is 1. The van der Waals surface area contributed by atoms with Crippen LogP contribution in [-0.4, -0.2) is 10.9 Å². The lowest BCUT2D eigenvalue weighted by Crippen LogP contribution is -2.14. The molecule has 2 aromatic carbocycles. The summed E-state index contributed by atoms with van der Waals surface area (Å²) in [5.74, 6) is -0.211.